The monoisotopic (exact) mass is 568 g/mol. The molecule has 5 aliphatic rings. The fourth-order valence-corrected chi connectivity index (χ4v) is 7.88. The normalized spacial score (nSPS) is 27.0. The van der Waals surface area contributed by atoms with Crippen molar-refractivity contribution in [3.8, 4) is 5.75 Å². The maximum absolute atomic E-state index is 13.8. The first kappa shape index (κ1) is 26.6. The maximum atomic E-state index is 13.8. The van der Waals surface area contributed by atoms with E-state index in [1.165, 1.54) is 16.4 Å². The molecule has 212 valence electrons. The second-order valence-electron chi connectivity index (χ2n) is 10.4. The van der Waals surface area contributed by atoms with Crippen molar-refractivity contribution in [1.29, 1.82) is 0 Å². The number of nitrogens with two attached hydrogens (primary N) is 2. The van der Waals surface area contributed by atoms with Gasteiger partial charge in [0.15, 0.2) is 0 Å². The minimum absolute atomic E-state index is 0.0450. The molecule has 1 atom stereocenters. The van der Waals surface area contributed by atoms with Crippen LogP contribution in [0, 0.1) is 0 Å². The van der Waals surface area contributed by atoms with Gasteiger partial charge in [0.2, 0.25) is 10.0 Å². The molecule has 6 rings (SSSR count). The Morgan fingerprint density at radius 2 is 1.82 bits per heavy atom. The number of halogens is 3. The highest BCUT2D eigenvalue weighted by Crippen LogP contribution is 2.43. The Balaban J connectivity index is 1.29. The molecule has 0 bridgehead atoms. The number of alkyl halides is 3. The Labute approximate surface area is 224 Å². The van der Waals surface area contributed by atoms with E-state index in [2.05, 4.69) is 15.2 Å². The number of ether oxygens (including phenoxy) is 2. The van der Waals surface area contributed by atoms with E-state index in [1.807, 2.05) is 0 Å². The number of hydrogen-bond donors (Lipinski definition) is 3. The molecule has 5 heterocycles. The second kappa shape index (κ2) is 9.47. The standard InChI is InChI=1S/C25H31F3N6O4S/c26-25(27,28)18-14-31-23-21(18)19(29)13-24(30,32-23)17-1-2-20(16-5-10-38-22(16)17)39(35,36)34-6-3-15(4-7-34)33-8-11-37-12-9-33/h1-2,13,15H,3-12,14,29-30H2,(H,31,32). The second-order valence-corrected chi connectivity index (χ2v) is 12.3. The van der Waals surface area contributed by atoms with E-state index in [0.29, 0.717) is 55.6 Å². The zero-order valence-electron chi connectivity index (χ0n) is 21.3. The zero-order valence-corrected chi connectivity index (χ0v) is 22.1. The first-order valence-electron chi connectivity index (χ1n) is 13.0. The molecule has 0 aliphatic carbocycles. The highest BCUT2D eigenvalue weighted by Gasteiger charge is 2.46. The van der Waals surface area contributed by atoms with Gasteiger partial charge in [-0.15, -0.1) is 0 Å². The van der Waals surface area contributed by atoms with Crippen LogP contribution in [-0.4, -0.2) is 88.2 Å². The van der Waals surface area contributed by atoms with Crippen LogP contribution >= 0.6 is 0 Å². The lowest BCUT2D eigenvalue weighted by atomic mass is 9.90. The smallest absolute Gasteiger partial charge is 0.415 e. The zero-order chi connectivity index (χ0) is 27.6. The summed E-state index contributed by atoms with van der Waals surface area (Å²) >= 11 is 0. The Morgan fingerprint density at radius 1 is 1.10 bits per heavy atom. The molecule has 10 nitrogen and oxygen atoms in total. The van der Waals surface area contributed by atoms with Gasteiger partial charge in [0.05, 0.1) is 36.8 Å². The lowest BCUT2D eigenvalue weighted by molar-refractivity contribution is -0.0921. The van der Waals surface area contributed by atoms with Crippen molar-refractivity contribution in [2.75, 3.05) is 52.5 Å². The minimum atomic E-state index is -4.58. The summed E-state index contributed by atoms with van der Waals surface area (Å²) in [5.41, 5.74) is 10.9. The molecule has 1 unspecified atom stereocenters. The van der Waals surface area contributed by atoms with E-state index in [0.717, 1.165) is 25.9 Å². The van der Waals surface area contributed by atoms with Crippen molar-refractivity contribution in [1.82, 2.24) is 14.5 Å². The fraction of sp³-hybridized carbons (Fsp3) is 0.560. The molecule has 0 aromatic heterocycles. The molecule has 0 radical (unpaired) electrons. The van der Waals surface area contributed by atoms with Crippen LogP contribution in [0.2, 0.25) is 0 Å². The molecular weight excluding hydrogens is 537 g/mol. The number of fused-ring (bicyclic) bond motifs is 2. The third-order valence-corrected chi connectivity index (χ3v) is 10.1. The first-order valence-corrected chi connectivity index (χ1v) is 14.4. The van der Waals surface area contributed by atoms with Crippen molar-refractivity contribution in [3.05, 3.63) is 46.2 Å². The average molecular weight is 569 g/mol. The van der Waals surface area contributed by atoms with Gasteiger partial charge in [-0.05, 0) is 31.1 Å². The molecular formula is C25H31F3N6O4S. The van der Waals surface area contributed by atoms with Crippen molar-refractivity contribution in [3.63, 3.8) is 0 Å². The third-order valence-electron chi connectivity index (χ3n) is 8.14. The van der Waals surface area contributed by atoms with Crippen LogP contribution in [-0.2, 0) is 26.8 Å². The molecule has 2 saturated heterocycles. The molecule has 39 heavy (non-hydrogen) atoms. The van der Waals surface area contributed by atoms with E-state index in [1.54, 1.807) is 6.07 Å². The molecule has 1 aromatic rings. The van der Waals surface area contributed by atoms with E-state index < -0.39 is 34.0 Å². The SMILES string of the molecule is NC1=CC(N)(c2ccc(S(=O)(=O)N3CCC(N4CCOCC4)CC3)c3c2OCC3)NC2=NCC(C(F)(F)F)=C12. The van der Waals surface area contributed by atoms with Gasteiger partial charge in [-0.25, -0.2) is 8.42 Å². The maximum Gasteiger partial charge on any atom is 0.415 e. The molecule has 5 N–H and O–H groups in total. The first-order chi connectivity index (χ1) is 18.5. The quantitative estimate of drug-likeness (QED) is 0.489. The summed E-state index contributed by atoms with van der Waals surface area (Å²) in [4.78, 5) is 6.52. The van der Waals surface area contributed by atoms with E-state index in [-0.39, 0.29) is 28.6 Å². The lowest BCUT2D eigenvalue weighted by Crippen LogP contribution is -2.55. The number of rotatable bonds is 4. The molecule has 0 saturated carbocycles. The van der Waals surface area contributed by atoms with E-state index >= 15 is 0 Å². The summed E-state index contributed by atoms with van der Waals surface area (Å²) in [6, 6.07) is 3.39. The van der Waals surface area contributed by atoms with Crippen molar-refractivity contribution in [2.24, 2.45) is 16.5 Å². The average Bonchev–Trinajstić information content (AvgIpc) is 3.56. The predicted octanol–water partition coefficient (Wildman–Crippen LogP) is 0.935. The number of sulfonamides is 1. The number of aliphatic imine (C=N–C) groups is 1. The highest BCUT2D eigenvalue weighted by atomic mass is 32.2. The summed E-state index contributed by atoms with van der Waals surface area (Å²) in [6.07, 6.45) is -1.42. The number of benzene rings is 1. The van der Waals surface area contributed by atoms with Gasteiger partial charge in [0.1, 0.15) is 17.2 Å². The summed E-state index contributed by atoms with van der Waals surface area (Å²) in [7, 11) is -3.80. The summed E-state index contributed by atoms with van der Waals surface area (Å²) < 4.78 is 80.7. The van der Waals surface area contributed by atoms with Gasteiger partial charge < -0.3 is 26.3 Å². The van der Waals surface area contributed by atoms with Crippen molar-refractivity contribution >= 4 is 15.9 Å². The summed E-state index contributed by atoms with van der Waals surface area (Å²) in [5.74, 6) is 0.261. The largest absolute Gasteiger partial charge is 0.492 e. The predicted molar refractivity (Wildman–Crippen MR) is 136 cm³/mol. The Kier molecular flexibility index (Phi) is 6.45. The van der Waals surface area contributed by atoms with Crippen molar-refractivity contribution < 1.29 is 31.1 Å². The van der Waals surface area contributed by atoms with Gasteiger partial charge in [0.25, 0.3) is 0 Å². The van der Waals surface area contributed by atoms with Crippen molar-refractivity contribution in [2.45, 2.75) is 42.0 Å². The number of hydrogen-bond acceptors (Lipinski definition) is 9. The molecule has 5 aliphatic heterocycles. The van der Waals surface area contributed by atoms with Crippen LogP contribution in [0.5, 0.6) is 5.75 Å². The van der Waals surface area contributed by atoms with Gasteiger partial charge in [-0.3, -0.25) is 9.89 Å². The number of nitrogens with one attached hydrogen (secondary N) is 1. The lowest BCUT2D eigenvalue weighted by Gasteiger charge is -2.39. The topological polar surface area (TPSA) is 136 Å². The number of morpholine rings is 1. The third kappa shape index (κ3) is 4.51. The van der Waals surface area contributed by atoms with Crippen LogP contribution in [0.3, 0.4) is 0 Å². The summed E-state index contributed by atoms with van der Waals surface area (Å²) in [6.45, 7) is 3.65. The van der Waals surface area contributed by atoms with Gasteiger partial charge in [0, 0.05) is 61.0 Å². The van der Waals surface area contributed by atoms with E-state index in [9.17, 15) is 21.6 Å². The highest BCUT2D eigenvalue weighted by molar-refractivity contribution is 7.89. The van der Waals surface area contributed by atoms with Gasteiger partial charge in [-0.2, -0.15) is 17.5 Å². The fourth-order valence-electron chi connectivity index (χ4n) is 6.16. The molecule has 1 aromatic carbocycles. The molecule has 0 amide bonds. The number of nitrogens with zero attached hydrogens (tertiary/aromatic N) is 3. The van der Waals surface area contributed by atoms with Crippen LogP contribution in [0.4, 0.5) is 13.2 Å². The van der Waals surface area contributed by atoms with Crippen LogP contribution in [0.25, 0.3) is 0 Å². The molecule has 14 heteroatoms. The minimum Gasteiger partial charge on any atom is -0.492 e. The molecule has 2 fully saturated rings. The Morgan fingerprint density at radius 3 is 2.51 bits per heavy atom. The molecule has 0 spiro atoms. The number of amidine groups is 1. The number of piperidine rings is 1. The Bertz CT molecular complexity index is 1380. The van der Waals surface area contributed by atoms with Crippen LogP contribution < -0.4 is 21.5 Å². The van der Waals surface area contributed by atoms with Gasteiger partial charge in [-0.1, -0.05) is 0 Å². The van der Waals surface area contributed by atoms with Crippen LogP contribution in [0.15, 0.2) is 44.9 Å². The Hall–Kier alpha value is -2.65. The van der Waals surface area contributed by atoms with Crippen LogP contribution in [0.1, 0.15) is 24.0 Å². The summed E-state index contributed by atoms with van der Waals surface area (Å²) in [5, 5.41) is 2.89. The van der Waals surface area contributed by atoms with E-state index in [4.69, 9.17) is 20.9 Å². The van der Waals surface area contributed by atoms with Gasteiger partial charge >= 0.3 is 6.18 Å².